The van der Waals surface area contributed by atoms with Gasteiger partial charge in [-0.15, -0.1) is 0 Å². The summed E-state index contributed by atoms with van der Waals surface area (Å²) in [6.07, 6.45) is 0. The monoisotopic (exact) mass is 322 g/mol. The molecule has 116 valence electrons. The Hall–Kier alpha value is -1.02. The van der Waals surface area contributed by atoms with Gasteiger partial charge in [0.1, 0.15) is 0 Å². The highest BCUT2D eigenvalue weighted by atomic mass is 32.3. The van der Waals surface area contributed by atoms with Gasteiger partial charge >= 0.3 is 0 Å². The summed E-state index contributed by atoms with van der Waals surface area (Å²) in [6.45, 7) is 0. The van der Waals surface area contributed by atoms with Gasteiger partial charge in [-0.3, -0.25) is 0 Å². The molecule has 0 spiro atoms. The van der Waals surface area contributed by atoms with Crippen molar-refractivity contribution in [3.05, 3.63) is 19.4 Å². The van der Waals surface area contributed by atoms with Crippen LogP contribution in [-0.4, -0.2) is 72.0 Å². The number of quaternary nitrogens is 2. The molecule has 0 aliphatic carbocycles. The molecule has 0 amide bonds. The van der Waals surface area contributed by atoms with Crippen LogP contribution in [0.4, 0.5) is 0 Å². The second-order valence-corrected chi connectivity index (χ2v) is 9.55. The van der Waals surface area contributed by atoms with E-state index in [0.29, 0.717) is 0 Å². The van der Waals surface area contributed by atoms with Crippen LogP contribution >= 0.6 is 0 Å². The number of hydrogen-bond acceptors (Lipinski definition) is 7. The molecule has 0 aromatic carbocycles. The van der Waals surface area contributed by atoms with Gasteiger partial charge in [0.2, 0.25) is 20.4 Å². The lowest BCUT2D eigenvalue weighted by atomic mass is 11.0. The Morgan fingerprint density at radius 3 is 1.05 bits per heavy atom. The maximum absolute atomic E-state index is 11.5. The number of rotatable bonds is 4. The zero-order chi connectivity index (χ0) is 16.3. The molecule has 0 aromatic heterocycles. The Morgan fingerprint density at radius 1 is 0.789 bits per heavy atom. The summed E-state index contributed by atoms with van der Waals surface area (Å²) < 4.78 is 48.0. The minimum Gasteiger partial charge on any atom is -0.356 e. The highest BCUT2D eigenvalue weighted by Gasteiger charge is 2.29. The Balaban J connectivity index is 0. The fourth-order valence-electron chi connectivity index (χ4n) is 0.319. The topological polar surface area (TPSA) is 149 Å². The molecule has 19 heavy (non-hydrogen) atoms. The summed E-state index contributed by atoms with van der Waals surface area (Å²) in [5.74, 6) is 0. The third-order valence-electron chi connectivity index (χ3n) is 1.57. The van der Waals surface area contributed by atoms with Gasteiger partial charge < -0.3 is 19.4 Å². The molecule has 0 saturated heterocycles. The van der Waals surface area contributed by atoms with E-state index in [1.54, 1.807) is 0 Å². The van der Waals surface area contributed by atoms with E-state index in [2.05, 4.69) is 4.13 Å². The highest BCUT2D eigenvalue weighted by Crippen LogP contribution is 2.21. The Kier molecular flexibility index (Phi) is 6.36. The summed E-state index contributed by atoms with van der Waals surface area (Å²) >= 11 is 0. The molecule has 0 aromatic rings. The molecular formula is C6H18N4O7S2. The number of hydrogen-bond donors (Lipinski definition) is 0. The minimum atomic E-state index is -4.08. The van der Waals surface area contributed by atoms with E-state index in [1.165, 1.54) is 42.3 Å². The Labute approximate surface area is 112 Å². The molecule has 0 saturated carbocycles. The standard InChI is InChI=1S/C6H18N3O4S2.NO3/c1-8(2,3)14(10,11)7-15(12,13)9(4,5)6;2-1(3)4/h1-6H3;/q+1;-1. The summed E-state index contributed by atoms with van der Waals surface area (Å²) in [7, 11) is -0.135. The highest BCUT2D eigenvalue weighted by molar-refractivity contribution is 8.07. The van der Waals surface area contributed by atoms with Gasteiger partial charge in [0, 0.05) is 0 Å². The minimum absolute atomic E-state index is 0.563. The average Bonchev–Trinajstić information content (AvgIpc) is 1.94. The van der Waals surface area contributed by atoms with Crippen molar-refractivity contribution in [3.8, 4) is 0 Å². The Morgan fingerprint density at radius 2 is 0.947 bits per heavy atom. The van der Waals surface area contributed by atoms with Gasteiger partial charge in [-0.1, -0.05) is 0 Å². The van der Waals surface area contributed by atoms with E-state index >= 15 is 0 Å². The maximum Gasteiger partial charge on any atom is 0.238 e. The van der Waals surface area contributed by atoms with Crippen LogP contribution in [-0.2, 0) is 20.4 Å². The van der Waals surface area contributed by atoms with Gasteiger partial charge in [0.05, 0.1) is 47.4 Å². The van der Waals surface area contributed by atoms with Gasteiger partial charge in [0.25, 0.3) is 0 Å². The smallest absolute Gasteiger partial charge is 0.238 e. The van der Waals surface area contributed by atoms with Crippen LogP contribution in [0.25, 0.3) is 4.13 Å². The van der Waals surface area contributed by atoms with Gasteiger partial charge in [0.15, 0.2) is 0 Å². The molecule has 11 nitrogen and oxygen atoms in total. The van der Waals surface area contributed by atoms with Gasteiger partial charge in [-0.2, -0.15) is 16.8 Å². The van der Waals surface area contributed by atoms with Crippen molar-refractivity contribution in [1.29, 1.82) is 0 Å². The third-order valence-corrected chi connectivity index (χ3v) is 5.85. The van der Waals surface area contributed by atoms with E-state index in [-0.39, 0.29) is 0 Å². The van der Waals surface area contributed by atoms with Crippen LogP contribution in [0, 0.1) is 15.3 Å². The van der Waals surface area contributed by atoms with Crippen molar-refractivity contribution in [3.63, 3.8) is 0 Å². The van der Waals surface area contributed by atoms with Crippen molar-refractivity contribution >= 4 is 20.4 Å². The third kappa shape index (κ3) is 7.22. The zero-order valence-corrected chi connectivity index (χ0v) is 13.1. The quantitative estimate of drug-likeness (QED) is 0.367. The summed E-state index contributed by atoms with van der Waals surface area (Å²) in [5.41, 5.74) is 0. The fourth-order valence-corrected chi connectivity index (χ4v) is 2.87. The predicted octanol–water partition coefficient (Wildman–Crippen LogP) is -0.977. The molecule has 0 N–H and O–H groups in total. The average molecular weight is 322 g/mol. The van der Waals surface area contributed by atoms with Crippen molar-refractivity contribution in [2.24, 2.45) is 0 Å². The lowest BCUT2D eigenvalue weighted by molar-refractivity contribution is -0.741. The lowest BCUT2D eigenvalue weighted by Crippen LogP contribution is -2.46. The van der Waals surface area contributed by atoms with Crippen LogP contribution in [0.5, 0.6) is 0 Å². The first-order valence-corrected chi connectivity index (χ1v) is 7.42. The van der Waals surface area contributed by atoms with E-state index in [9.17, 15) is 16.8 Å². The molecule has 0 atom stereocenters. The van der Waals surface area contributed by atoms with E-state index < -0.39 is 33.3 Å². The van der Waals surface area contributed by atoms with Crippen LogP contribution in [0.2, 0.25) is 0 Å². The fraction of sp³-hybridized carbons (Fsp3) is 1.00. The van der Waals surface area contributed by atoms with Crippen molar-refractivity contribution in [1.82, 2.24) is 0 Å². The van der Waals surface area contributed by atoms with Crippen molar-refractivity contribution in [2.75, 3.05) is 42.3 Å². The molecule has 0 aliphatic rings. The van der Waals surface area contributed by atoms with Crippen molar-refractivity contribution < 1.29 is 29.7 Å². The maximum atomic E-state index is 11.5. The van der Waals surface area contributed by atoms with Gasteiger partial charge in [-0.25, -0.2) is 7.78 Å². The molecule has 0 unspecified atom stereocenters. The lowest BCUT2D eigenvalue weighted by Gasteiger charge is -2.35. The van der Waals surface area contributed by atoms with Gasteiger partial charge in [-0.05, 0) is 0 Å². The van der Waals surface area contributed by atoms with Crippen molar-refractivity contribution in [2.45, 2.75) is 0 Å². The SMILES string of the molecule is C[N+](C)(C)S(=O)(=O)[N-]S(=O)(=O)[N+](C)(C)C.O=[N+]([O-])[O-]. The second kappa shape index (κ2) is 5.96. The zero-order valence-electron chi connectivity index (χ0n) is 11.5. The van der Waals surface area contributed by atoms with E-state index in [1.807, 2.05) is 0 Å². The molecular weight excluding hydrogens is 304 g/mol. The molecule has 13 heteroatoms. The van der Waals surface area contributed by atoms with Crippen LogP contribution in [0.3, 0.4) is 0 Å². The van der Waals surface area contributed by atoms with Crippen LogP contribution in [0.15, 0.2) is 0 Å². The summed E-state index contributed by atoms with van der Waals surface area (Å²) in [5, 5.41) is 14.8. The van der Waals surface area contributed by atoms with Crippen LogP contribution < -0.4 is 0 Å². The molecule has 0 bridgehead atoms. The first-order valence-electron chi connectivity index (χ1n) is 4.63. The molecule has 0 radical (unpaired) electrons. The number of nitrogens with zero attached hydrogens (tertiary/aromatic N) is 4. The summed E-state index contributed by atoms with van der Waals surface area (Å²) in [4.78, 5) is 8.25. The first-order chi connectivity index (χ1) is 7.94. The molecule has 0 heterocycles. The predicted molar refractivity (Wildman–Crippen MR) is 67.6 cm³/mol. The largest absolute Gasteiger partial charge is 0.356 e. The molecule has 0 fully saturated rings. The van der Waals surface area contributed by atoms with E-state index in [0.717, 1.165) is 0 Å². The molecule has 0 aliphatic heterocycles. The van der Waals surface area contributed by atoms with Crippen LogP contribution in [0.1, 0.15) is 0 Å². The second-order valence-electron chi connectivity index (χ2n) is 4.97. The normalized spacial score (nSPS) is 13.4. The Bertz CT molecular complexity index is 465. The molecule has 0 rings (SSSR count). The van der Waals surface area contributed by atoms with E-state index in [4.69, 9.17) is 15.3 Å². The first kappa shape index (κ1) is 20.3. The summed E-state index contributed by atoms with van der Waals surface area (Å²) in [6, 6.07) is 0.